The summed E-state index contributed by atoms with van der Waals surface area (Å²) in [5.74, 6) is 1.80. The van der Waals surface area contributed by atoms with Crippen LogP contribution in [0.2, 0.25) is 0 Å². The van der Waals surface area contributed by atoms with E-state index in [9.17, 15) is 4.79 Å². The fourth-order valence-electron chi connectivity index (χ4n) is 2.21. The molecular formula is C17H29N3O3. The van der Waals surface area contributed by atoms with Gasteiger partial charge in [0.1, 0.15) is 0 Å². The summed E-state index contributed by atoms with van der Waals surface area (Å²) in [5, 5.41) is 5.78. The lowest BCUT2D eigenvalue weighted by Gasteiger charge is -2.26. The predicted octanol–water partition coefficient (Wildman–Crippen LogP) is 2.26. The van der Waals surface area contributed by atoms with Crippen molar-refractivity contribution in [3.63, 3.8) is 0 Å². The molecule has 1 rings (SSSR count). The lowest BCUT2D eigenvalue weighted by molar-refractivity contribution is 0.231. The Kier molecular flexibility index (Phi) is 7.68. The van der Waals surface area contributed by atoms with Crippen molar-refractivity contribution in [2.24, 2.45) is 5.92 Å². The van der Waals surface area contributed by atoms with E-state index >= 15 is 0 Å². The first-order chi connectivity index (χ1) is 10.9. The first-order valence-corrected chi connectivity index (χ1v) is 7.79. The molecule has 0 saturated carbocycles. The molecule has 0 aliphatic heterocycles. The van der Waals surface area contributed by atoms with Crippen LogP contribution in [0, 0.1) is 5.92 Å². The van der Waals surface area contributed by atoms with Crippen molar-refractivity contribution in [1.29, 1.82) is 0 Å². The second-order valence-corrected chi connectivity index (χ2v) is 6.08. The van der Waals surface area contributed by atoms with Gasteiger partial charge in [-0.05, 0) is 37.7 Å². The Balaban J connectivity index is 2.77. The van der Waals surface area contributed by atoms with Crippen LogP contribution in [-0.2, 0) is 0 Å². The minimum atomic E-state index is -0.147. The topological polar surface area (TPSA) is 62.8 Å². The second-order valence-electron chi connectivity index (χ2n) is 6.08. The highest BCUT2D eigenvalue weighted by Crippen LogP contribution is 2.31. The summed E-state index contributed by atoms with van der Waals surface area (Å²) in [5.41, 5.74) is 1.05. The number of nitrogens with one attached hydrogen (secondary N) is 2. The Morgan fingerprint density at radius 1 is 1.09 bits per heavy atom. The number of nitrogens with zero attached hydrogens (tertiary/aromatic N) is 1. The Hall–Kier alpha value is -1.95. The second kappa shape index (κ2) is 9.25. The summed E-state index contributed by atoms with van der Waals surface area (Å²) in [6, 6.07) is 5.70. The number of ether oxygens (including phenoxy) is 2. The molecule has 0 bridgehead atoms. The third-order valence-corrected chi connectivity index (χ3v) is 3.54. The number of carbonyl (C=O) groups is 1. The minimum absolute atomic E-state index is 0.0413. The highest BCUT2D eigenvalue weighted by Gasteiger charge is 2.17. The van der Waals surface area contributed by atoms with Crippen molar-refractivity contribution < 1.29 is 14.3 Å². The standard InChI is InChI=1S/C17H29N3O3/c1-12(2)10-18-17(21)19-11-14(20(3)4)13-7-8-15(22-5)16(9-13)23-6/h7-9,12,14H,10-11H2,1-6H3,(H2,18,19,21). The van der Waals surface area contributed by atoms with Crippen molar-refractivity contribution in [2.45, 2.75) is 19.9 Å². The Bertz CT molecular complexity index is 504. The number of benzene rings is 1. The maximum atomic E-state index is 11.8. The molecule has 23 heavy (non-hydrogen) atoms. The van der Waals surface area contributed by atoms with Gasteiger partial charge in [0.25, 0.3) is 0 Å². The highest BCUT2D eigenvalue weighted by molar-refractivity contribution is 5.73. The third-order valence-electron chi connectivity index (χ3n) is 3.54. The van der Waals surface area contributed by atoms with Crippen molar-refractivity contribution in [2.75, 3.05) is 41.4 Å². The molecule has 0 heterocycles. The molecule has 0 saturated heterocycles. The molecular weight excluding hydrogens is 294 g/mol. The summed E-state index contributed by atoms with van der Waals surface area (Å²) >= 11 is 0. The van der Waals surface area contributed by atoms with E-state index in [1.165, 1.54) is 0 Å². The molecule has 6 nitrogen and oxygen atoms in total. The summed E-state index contributed by atoms with van der Waals surface area (Å²) in [6.45, 7) is 5.29. The average Bonchev–Trinajstić information content (AvgIpc) is 2.52. The van der Waals surface area contributed by atoms with E-state index < -0.39 is 0 Å². The molecule has 0 radical (unpaired) electrons. The van der Waals surface area contributed by atoms with E-state index in [4.69, 9.17) is 9.47 Å². The molecule has 0 aromatic heterocycles. The van der Waals surface area contributed by atoms with E-state index in [0.717, 1.165) is 5.56 Å². The molecule has 0 spiro atoms. The number of likely N-dealkylation sites (N-methyl/N-ethyl adjacent to an activating group) is 1. The van der Waals surface area contributed by atoms with E-state index in [1.54, 1.807) is 14.2 Å². The Morgan fingerprint density at radius 2 is 1.70 bits per heavy atom. The number of rotatable bonds is 8. The van der Waals surface area contributed by atoms with Crippen LogP contribution in [0.1, 0.15) is 25.5 Å². The van der Waals surface area contributed by atoms with Crippen LogP contribution in [0.15, 0.2) is 18.2 Å². The minimum Gasteiger partial charge on any atom is -0.493 e. The van der Waals surface area contributed by atoms with Crippen LogP contribution < -0.4 is 20.1 Å². The quantitative estimate of drug-likeness (QED) is 0.770. The molecule has 1 aromatic carbocycles. The van der Waals surface area contributed by atoms with Crippen LogP contribution in [-0.4, -0.2) is 52.3 Å². The zero-order valence-electron chi connectivity index (χ0n) is 15.0. The van der Waals surface area contributed by atoms with Gasteiger partial charge in [-0.25, -0.2) is 4.79 Å². The van der Waals surface area contributed by atoms with Crippen LogP contribution in [0.5, 0.6) is 11.5 Å². The summed E-state index contributed by atoms with van der Waals surface area (Å²) in [4.78, 5) is 13.9. The number of urea groups is 1. The van der Waals surface area contributed by atoms with Gasteiger partial charge in [0.15, 0.2) is 11.5 Å². The summed E-state index contributed by atoms with van der Waals surface area (Å²) in [6.07, 6.45) is 0. The SMILES string of the molecule is COc1ccc(C(CNC(=O)NCC(C)C)N(C)C)cc1OC. The molecule has 0 aliphatic carbocycles. The van der Waals surface area contributed by atoms with E-state index in [0.29, 0.717) is 30.5 Å². The Labute approximate surface area is 139 Å². The molecule has 1 atom stereocenters. The lowest BCUT2D eigenvalue weighted by Crippen LogP contribution is -2.41. The fraction of sp³-hybridized carbons (Fsp3) is 0.588. The molecule has 130 valence electrons. The molecule has 1 aromatic rings. The van der Waals surface area contributed by atoms with Crippen LogP contribution in [0.3, 0.4) is 0 Å². The smallest absolute Gasteiger partial charge is 0.314 e. The zero-order chi connectivity index (χ0) is 17.4. The zero-order valence-corrected chi connectivity index (χ0v) is 15.0. The average molecular weight is 323 g/mol. The number of hydrogen-bond donors (Lipinski definition) is 2. The van der Waals surface area contributed by atoms with Crippen LogP contribution in [0.25, 0.3) is 0 Å². The number of methoxy groups -OCH3 is 2. The fourth-order valence-corrected chi connectivity index (χ4v) is 2.21. The van der Waals surface area contributed by atoms with Gasteiger partial charge in [0, 0.05) is 13.1 Å². The predicted molar refractivity (Wildman–Crippen MR) is 92.2 cm³/mol. The normalized spacial score (nSPS) is 12.2. The monoisotopic (exact) mass is 323 g/mol. The highest BCUT2D eigenvalue weighted by atomic mass is 16.5. The van der Waals surface area contributed by atoms with Crippen molar-refractivity contribution in [3.8, 4) is 11.5 Å². The van der Waals surface area contributed by atoms with Crippen LogP contribution in [0.4, 0.5) is 4.79 Å². The van der Waals surface area contributed by atoms with Gasteiger partial charge >= 0.3 is 6.03 Å². The third kappa shape index (κ3) is 5.98. The Morgan fingerprint density at radius 3 is 2.22 bits per heavy atom. The first kappa shape index (κ1) is 19.1. The van der Waals surface area contributed by atoms with Gasteiger partial charge in [-0.2, -0.15) is 0 Å². The van der Waals surface area contributed by atoms with Gasteiger partial charge in [-0.15, -0.1) is 0 Å². The van der Waals surface area contributed by atoms with Gasteiger partial charge < -0.3 is 25.0 Å². The molecule has 0 aliphatic rings. The molecule has 2 N–H and O–H groups in total. The molecule has 2 amide bonds. The number of carbonyl (C=O) groups excluding carboxylic acids is 1. The maximum absolute atomic E-state index is 11.8. The maximum Gasteiger partial charge on any atom is 0.314 e. The number of amides is 2. The summed E-state index contributed by atoms with van der Waals surface area (Å²) < 4.78 is 10.6. The molecule has 0 fully saturated rings. The first-order valence-electron chi connectivity index (χ1n) is 7.79. The van der Waals surface area contributed by atoms with Crippen LogP contribution >= 0.6 is 0 Å². The molecule has 1 unspecified atom stereocenters. The lowest BCUT2D eigenvalue weighted by atomic mass is 10.1. The van der Waals surface area contributed by atoms with Gasteiger partial charge in [0.05, 0.1) is 20.3 Å². The van der Waals surface area contributed by atoms with Gasteiger partial charge in [-0.3, -0.25) is 0 Å². The summed E-state index contributed by atoms with van der Waals surface area (Å²) in [7, 11) is 7.19. The largest absolute Gasteiger partial charge is 0.493 e. The van der Waals surface area contributed by atoms with Gasteiger partial charge in [-0.1, -0.05) is 19.9 Å². The van der Waals surface area contributed by atoms with Crippen molar-refractivity contribution >= 4 is 6.03 Å². The van der Waals surface area contributed by atoms with Crippen molar-refractivity contribution in [3.05, 3.63) is 23.8 Å². The number of hydrogen-bond acceptors (Lipinski definition) is 4. The van der Waals surface area contributed by atoms with E-state index in [-0.39, 0.29) is 12.1 Å². The van der Waals surface area contributed by atoms with Gasteiger partial charge in [0.2, 0.25) is 0 Å². The van der Waals surface area contributed by atoms with Crippen molar-refractivity contribution in [1.82, 2.24) is 15.5 Å². The van der Waals surface area contributed by atoms with E-state index in [2.05, 4.69) is 29.4 Å². The molecule has 6 heteroatoms. The van der Waals surface area contributed by atoms with E-state index in [1.807, 2.05) is 32.3 Å².